The maximum absolute atomic E-state index is 14.0. The van der Waals surface area contributed by atoms with Crippen molar-refractivity contribution in [2.24, 2.45) is 29.1 Å². The van der Waals surface area contributed by atoms with Crippen molar-refractivity contribution < 1.29 is 32.2 Å². The molecule has 0 unspecified atom stereocenters. The summed E-state index contributed by atoms with van der Waals surface area (Å²) < 4.78 is 53.1. The van der Waals surface area contributed by atoms with Gasteiger partial charge in [0.2, 0.25) is 5.91 Å². The van der Waals surface area contributed by atoms with Crippen LogP contribution in [0.5, 0.6) is 11.5 Å². The Kier molecular flexibility index (Phi) is 7.81. The highest BCUT2D eigenvalue weighted by molar-refractivity contribution is 5.98. The number of carbonyl (C=O) groups is 2. The molecular formula is C30H41F3N2O4. The molecule has 4 aliphatic carbocycles. The number of fused-ring (bicyclic) bond motifs is 2. The summed E-state index contributed by atoms with van der Waals surface area (Å²) in [5.41, 5.74) is -0.809. The second-order valence-electron chi connectivity index (χ2n) is 12.8. The van der Waals surface area contributed by atoms with Gasteiger partial charge in [-0.1, -0.05) is 20.3 Å². The minimum absolute atomic E-state index is 0.00594. The van der Waals surface area contributed by atoms with Crippen LogP contribution in [0.4, 0.5) is 13.2 Å². The highest BCUT2D eigenvalue weighted by atomic mass is 19.4. The van der Waals surface area contributed by atoms with Crippen molar-refractivity contribution in [3.05, 3.63) is 23.3 Å². The van der Waals surface area contributed by atoms with Crippen molar-refractivity contribution in [1.29, 1.82) is 0 Å². The molecule has 4 aliphatic rings. The van der Waals surface area contributed by atoms with E-state index in [0.717, 1.165) is 51.0 Å². The van der Waals surface area contributed by atoms with E-state index >= 15 is 0 Å². The number of amides is 2. The molecule has 0 aliphatic heterocycles. The van der Waals surface area contributed by atoms with Gasteiger partial charge < -0.3 is 20.1 Å². The zero-order valence-electron chi connectivity index (χ0n) is 23.2. The molecule has 5 rings (SSSR count). The van der Waals surface area contributed by atoms with Crippen LogP contribution in [0.1, 0.15) is 94.0 Å². The van der Waals surface area contributed by atoms with Crippen LogP contribution < -0.4 is 20.1 Å². The third kappa shape index (κ3) is 5.87. The molecule has 1 aromatic rings. The summed E-state index contributed by atoms with van der Waals surface area (Å²) in [6, 6.07) is 1.68. The van der Waals surface area contributed by atoms with Crippen LogP contribution in [0.25, 0.3) is 0 Å². The van der Waals surface area contributed by atoms with Gasteiger partial charge >= 0.3 is 6.18 Å². The van der Waals surface area contributed by atoms with Gasteiger partial charge in [-0.3, -0.25) is 9.59 Å². The second kappa shape index (κ2) is 10.8. The minimum Gasteiger partial charge on any atom is -0.496 e. The van der Waals surface area contributed by atoms with Crippen molar-refractivity contribution in [3.8, 4) is 11.5 Å². The summed E-state index contributed by atoms with van der Waals surface area (Å²) >= 11 is 0. The number of rotatable bonds is 8. The maximum Gasteiger partial charge on any atom is 0.420 e. The van der Waals surface area contributed by atoms with Crippen LogP contribution in [0, 0.1) is 29.1 Å². The Balaban J connectivity index is 1.36. The van der Waals surface area contributed by atoms with Crippen molar-refractivity contribution in [2.45, 2.75) is 96.4 Å². The lowest BCUT2D eigenvalue weighted by molar-refractivity contribution is -0.139. The SMILES string of the molecule is COc1cc(C(F)(F)F)c(OC2CCC(C)CC2)cc1C(=O)N[C@@H]1[C@H]2CC[C@H](C2)[C@@H]1C(=O)NCC1(C)CCC1. The van der Waals surface area contributed by atoms with Crippen LogP contribution >= 0.6 is 0 Å². The molecule has 216 valence electrons. The summed E-state index contributed by atoms with van der Waals surface area (Å²) in [4.78, 5) is 26.9. The van der Waals surface area contributed by atoms with Gasteiger partial charge in [-0.05, 0) is 93.1 Å². The number of nitrogens with one attached hydrogen (secondary N) is 2. The number of hydrogen-bond acceptors (Lipinski definition) is 4. The van der Waals surface area contributed by atoms with Crippen LogP contribution in [0.3, 0.4) is 0 Å². The number of halogens is 3. The van der Waals surface area contributed by atoms with Crippen LogP contribution in [-0.4, -0.2) is 37.6 Å². The molecule has 2 N–H and O–H groups in total. The van der Waals surface area contributed by atoms with Gasteiger partial charge in [0.05, 0.1) is 24.7 Å². The Labute approximate surface area is 228 Å². The number of alkyl halides is 3. The van der Waals surface area contributed by atoms with Crippen molar-refractivity contribution in [1.82, 2.24) is 10.6 Å². The van der Waals surface area contributed by atoms with Gasteiger partial charge in [0.25, 0.3) is 5.91 Å². The highest BCUT2D eigenvalue weighted by Gasteiger charge is 2.52. The number of hydrogen-bond donors (Lipinski definition) is 2. The largest absolute Gasteiger partial charge is 0.496 e. The molecule has 0 aromatic heterocycles. The number of carbonyl (C=O) groups excluding carboxylic acids is 2. The van der Waals surface area contributed by atoms with Gasteiger partial charge in [0, 0.05) is 12.6 Å². The monoisotopic (exact) mass is 550 g/mol. The van der Waals surface area contributed by atoms with E-state index in [1.54, 1.807) is 0 Å². The molecule has 4 atom stereocenters. The molecule has 0 heterocycles. The fraction of sp³-hybridized carbons (Fsp3) is 0.733. The van der Waals surface area contributed by atoms with E-state index in [1.807, 2.05) is 0 Å². The summed E-state index contributed by atoms with van der Waals surface area (Å²) in [6.45, 7) is 4.94. The van der Waals surface area contributed by atoms with Crippen LogP contribution in [0.2, 0.25) is 0 Å². The second-order valence-corrected chi connectivity index (χ2v) is 12.8. The van der Waals surface area contributed by atoms with E-state index in [4.69, 9.17) is 9.47 Å². The molecule has 0 spiro atoms. The zero-order chi connectivity index (χ0) is 27.9. The number of methoxy groups -OCH3 is 1. The summed E-state index contributed by atoms with van der Waals surface area (Å²) in [5.74, 6) is -0.509. The highest BCUT2D eigenvalue weighted by Crippen LogP contribution is 2.49. The fourth-order valence-corrected chi connectivity index (χ4v) is 7.23. The Morgan fingerprint density at radius 1 is 1.03 bits per heavy atom. The average molecular weight is 551 g/mol. The van der Waals surface area contributed by atoms with Gasteiger partial charge in [0.1, 0.15) is 17.1 Å². The first-order valence-corrected chi connectivity index (χ1v) is 14.5. The van der Waals surface area contributed by atoms with Gasteiger partial charge in [0.15, 0.2) is 0 Å². The van der Waals surface area contributed by atoms with E-state index in [1.165, 1.54) is 19.6 Å². The zero-order valence-corrected chi connectivity index (χ0v) is 23.2. The Morgan fingerprint density at radius 2 is 1.72 bits per heavy atom. The Bertz CT molecular complexity index is 1080. The van der Waals surface area contributed by atoms with Crippen LogP contribution in [-0.2, 0) is 11.0 Å². The van der Waals surface area contributed by atoms with E-state index < -0.39 is 17.6 Å². The van der Waals surface area contributed by atoms with Gasteiger partial charge in [-0.2, -0.15) is 13.2 Å². The lowest BCUT2D eigenvalue weighted by Gasteiger charge is -2.39. The van der Waals surface area contributed by atoms with E-state index in [-0.39, 0.29) is 58.3 Å². The van der Waals surface area contributed by atoms with Gasteiger partial charge in [-0.15, -0.1) is 0 Å². The molecule has 4 fully saturated rings. The normalized spacial score (nSPS) is 31.3. The number of ether oxygens (including phenoxy) is 2. The molecule has 0 saturated heterocycles. The van der Waals surface area contributed by atoms with Crippen molar-refractivity contribution in [2.75, 3.05) is 13.7 Å². The third-order valence-electron chi connectivity index (χ3n) is 9.88. The minimum atomic E-state index is -4.66. The molecular weight excluding hydrogens is 509 g/mol. The molecule has 2 amide bonds. The first-order valence-electron chi connectivity index (χ1n) is 14.5. The number of benzene rings is 1. The molecule has 6 nitrogen and oxygen atoms in total. The molecule has 0 radical (unpaired) electrons. The fourth-order valence-electron chi connectivity index (χ4n) is 7.23. The Hall–Kier alpha value is -2.45. The topological polar surface area (TPSA) is 76.7 Å². The molecule has 9 heteroatoms. The van der Waals surface area contributed by atoms with Crippen molar-refractivity contribution in [3.63, 3.8) is 0 Å². The van der Waals surface area contributed by atoms with E-state index in [0.29, 0.717) is 25.3 Å². The first kappa shape index (κ1) is 28.1. The van der Waals surface area contributed by atoms with E-state index in [9.17, 15) is 22.8 Å². The standard InChI is InChI=1S/C30H41F3N2O4/c1-17-5-9-20(10-6-17)39-24-14-21(23(38-3)15-22(24)30(31,32)33)27(36)35-26-19-8-7-18(13-19)25(26)28(37)34-16-29(2)11-4-12-29/h14-15,17-20,25-26H,4-13,16H2,1-3H3,(H,34,37)(H,35,36)/t17?,18-,19+,20?,25+,26-/m1/s1. The van der Waals surface area contributed by atoms with E-state index in [2.05, 4.69) is 24.5 Å². The predicted molar refractivity (Wildman–Crippen MR) is 141 cm³/mol. The first-order chi connectivity index (χ1) is 18.5. The van der Waals surface area contributed by atoms with Crippen LogP contribution in [0.15, 0.2) is 12.1 Å². The lowest BCUT2D eigenvalue weighted by atomic mass is 9.70. The lowest BCUT2D eigenvalue weighted by Crippen LogP contribution is -2.51. The molecule has 1 aromatic carbocycles. The summed E-state index contributed by atoms with van der Waals surface area (Å²) in [6.07, 6.45) is 4.27. The smallest absolute Gasteiger partial charge is 0.420 e. The average Bonchev–Trinajstić information content (AvgIpc) is 3.48. The molecule has 39 heavy (non-hydrogen) atoms. The molecule has 2 bridgehead atoms. The quantitative estimate of drug-likeness (QED) is 0.409. The maximum atomic E-state index is 14.0. The molecule has 4 saturated carbocycles. The summed E-state index contributed by atoms with van der Waals surface area (Å²) in [7, 11) is 1.25. The Morgan fingerprint density at radius 3 is 2.33 bits per heavy atom. The van der Waals surface area contributed by atoms with Gasteiger partial charge in [-0.25, -0.2) is 0 Å². The van der Waals surface area contributed by atoms with Crippen molar-refractivity contribution >= 4 is 11.8 Å². The third-order valence-corrected chi connectivity index (χ3v) is 9.88. The summed E-state index contributed by atoms with van der Waals surface area (Å²) in [5, 5.41) is 6.17. The predicted octanol–water partition coefficient (Wildman–Crippen LogP) is 6.12.